The van der Waals surface area contributed by atoms with Crippen molar-refractivity contribution >= 4 is 34.2 Å². The van der Waals surface area contributed by atoms with Crippen LogP contribution >= 0.6 is 0 Å². The fourth-order valence-corrected chi connectivity index (χ4v) is 4.68. The molecule has 41 heavy (non-hydrogen) atoms. The maximum absolute atomic E-state index is 14.6. The maximum Gasteiger partial charge on any atom is 0.573 e. The summed E-state index contributed by atoms with van der Waals surface area (Å²) in [5.41, 5.74) is -0.0798. The third-order valence-electron chi connectivity index (χ3n) is 6.84. The number of aromatic nitrogens is 2. The second-order valence-corrected chi connectivity index (χ2v) is 10.0. The van der Waals surface area contributed by atoms with Crippen molar-refractivity contribution in [2.24, 2.45) is 5.92 Å². The zero-order chi connectivity index (χ0) is 29.5. The van der Waals surface area contributed by atoms with Gasteiger partial charge in [0, 0.05) is 24.8 Å². The Labute approximate surface area is 230 Å². The number of hydrogen-bond donors (Lipinski definition) is 1. The van der Waals surface area contributed by atoms with Gasteiger partial charge in [-0.05, 0) is 43.0 Å². The van der Waals surface area contributed by atoms with E-state index in [1.54, 1.807) is 18.2 Å². The van der Waals surface area contributed by atoms with E-state index in [2.05, 4.69) is 15.2 Å². The maximum atomic E-state index is 14.6. The molecule has 2 atom stereocenters. The molecule has 218 valence electrons. The lowest BCUT2D eigenvalue weighted by molar-refractivity contribution is -0.275. The number of nitrogens with one attached hydrogen (secondary N) is 1. The average molecular weight is 581 g/mol. The molecule has 1 aromatic heterocycles. The van der Waals surface area contributed by atoms with Crippen LogP contribution in [0.3, 0.4) is 0 Å². The summed E-state index contributed by atoms with van der Waals surface area (Å²) in [6, 6.07) is 6.41. The minimum atomic E-state index is -5.16. The number of alkyl halides is 4. The highest BCUT2D eigenvalue weighted by atomic mass is 19.4. The predicted molar refractivity (Wildman–Crippen MR) is 135 cm³/mol. The van der Waals surface area contributed by atoms with E-state index in [1.807, 2.05) is 0 Å². The van der Waals surface area contributed by atoms with E-state index in [1.165, 1.54) is 11.6 Å². The molecule has 5 rings (SSSR count). The van der Waals surface area contributed by atoms with Crippen LogP contribution in [-0.4, -0.2) is 64.0 Å². The van der Waals surface area contributed by atoms with Crippen LogP contribution in [0.1, 0.15) is 36.7 Å². The van der Waals surface area contributed by atoms with Gasteiger partial charge in [-0.1, -0.05) is 6.07 Å². The van der Waals surface area contributed by atoms with E-state index in [-0.39, 0.29) is 11.5 Å². The van der Waals surface area contributed by atoms with Crippen molar-refractivity contribution in [2.75, 3.05) is 18.5 Å². The molecular formula is C27H25F5N4O5. The van der Waals surface area contributed by atoms with Crippen molar-refractivity contribution in [2.45, 2.75) is 51.3 Å². The molecule has 2 fully saturated rings. The monoisotopic (exact) mass is 580 g/mol. The molecule has 0 unspecified atom stereocenters. The van der Waals surface area contributed by atoms with Crippen molar-refractivity contribution in [1.29, 1.82) is 0 Å². The lowest BCUT2D eigenvalue weighted by Gasteiger charge is -2.24. The zero-order valence-electron chi connectivity index (χ0n) is 21.7. The number of ether oxygens (including phenoxy) is 2. The van der Waals surface area contributed by atoms with Crippen LogP contribution in [0.4, 0.5) is 27.6 Å². The summed E-state index contributed by atoms with van der Waals surface area (Å²) < 4.78 is 77.4. The van der Waals surface area contributed by atoms with Crippen LogP contribution < -0.4 is 14.8 Å². The van der Waals surface area contributed by atoms with Crippen LogP contribution in [0.25, 0.3) is 10.9 Å². The van der Waals surface area contributed by atoms with Gasteiger partial charge in [-0.15, -0.1) is 13.2 Å². The van der Waals surface area contributed by atoms with Gasteiger partial charge in [0.1, 0.15) is 30.2 Å². The zero-order valence-corrected chi connectivity index (χ0v) is 21.7. The molecule has 1 aliphatic heterocycles. The number of fused-ring (bicyclic) bond motifs is 1. The number of likely N-dealkylation sites (tertiary alicyclic amines) is 1. The molecule has 2 amide bonds. The highest BCUT2D eigenvalue weighted by Crippen LogP contribution is 2.32. The van der Waals surface area contributed by atoms with Gasteiger partial charge in [-0.25, -0.2) is 8.78 Å². The number of Topliss-reactive ketones (excluding diaryl/α,β-unsaturated/α-hetero) is 1. The normalized spacial score (nSPS) is 18.9. The molecule has 3 aromatic rings. The molecule has 0 radical (unpaired) electrons. The van der Waals surface area contributed by atoms with E-state index in [0.29, 0.717) is 29.2 Å². The first-order valence-corrected chi connectivity index (χ1v) is 12.8. The first-order valence-electron chi connectivity index (χ1n) is 12.8. The number of carbonyl (C=O) groups is 3. The summed E-state index contributed by atoms with van der Waals surface area (Å²) in [6.45, 7) is 0.973. The molecule has 1 saturated carbocycles. The number of benzene rings is 2. The largest absolute Gasteiger partial charge is 0.573 e. The molecule has 0 bridgehead atoms. The number of halogens is 5. The Hall–Kier alpha value is -4.23. The summed E-state index contributed by atoms with van der Waals surface area (Å²) in [4.78, 5) is 39.5. The summed E-state index contributed by atoms with van der Waals surface area (Å²) in [6.07, 6.45) is -4.98. The summed E-state index contributed by atoms with van der Waals surface area (Å²) in [7, 11) is 0. The van der Waals surface area contributed by atoms with Gasteiger partial charge in [-0.3, -0.25) is 19.1 Å². The molecule has 1 aliphatic carbocycles. The smallest absolute Gasteiger partial charge is 0.493 e. The van der Waals surface area contributed by atoms with Crippen LogP contribution in [0.2, 0.25) is 0 Å². The fraction of sp³-hybridized carbons (Fsp3) is 0.407. The van der Waals surface area contributed by atoms with Gasteiger partial charge in [0.2, 0.25) is 11.8 Å². The van der Waals surface area contributed by atoms with E-state index < -0.39 is 67.2 Å². The number of rotatable bonds is 9. The molecule has 9 nitrogen and oxygen atoms in total. The van der Waals surface area contributed by atoms with Crippen LogP contribution in [0.5, 0.6) is 11.5 Å². The predicted octanol–water partition coefficient (Wildman–Crippen LogP) is 4.64. The molecule has 14 heteroatoms. The number of nitrogens with zero attached hydrogens (tertiary/aromatic N) is 3. The van der Waals surface area contributed by atoms with Crippen molar-refractivity contribution in [3.63, 3.8) is 0 Å². The Balaban J connectivity index is 1.35. The minimum absolute atomic E-state index is 0.122. The van der Waals surface area contributed by atoms with E-state index in [0.717, 1.165) is 35.9 Å². The second-order valence-electron chi connectivity index (χ2n) is 10.0. The van der Waals surface area contributed by atoms with Crippen LogP contribution in [0.15, 0.2) is 36.4 Å². The molecule has 2 heterocycles. The van der Waals surface area contributed by atoms with Gasteiger partial charge >= 0.3 is 6.36 Å². The third kappa shape index (κ3) is 6.41. The van der Waals surface area contributed by atoms with Crippen LogP contribution in [0, 0.1) is 11.7 Å². The van der Waals surface area contributed by atoms with E-state index in [4.69, 9.17) is 4.74 Å². The standard InChI is InChI=1S/C27H25F5N4O5/c1-14(37)25-18-8-7-17(40-13-15-5-6-15)10-20(18)36(34-25)12-23(38)35-11-16(28)9-21(35)26(39)33-19-3-2-4-22(24(19)29)41-27(30,31)32/h2-4,7-8,10,15-16,21H,5-6,9,11-13H2,1H3,(H,33,39)/t16-,21+/m1/s1. The fourth-order valence-electron chi connectivity index (χ4n) is 4.68. The van der Waals surface area contributed by atoms with Crippen LogP contribution in [-0.2, 0) is 16.1 Å². The van der Waals surface area contributed by atoms with Crippen molar-refractivity contribution < 1.29 is 45.8 Å². The SMILES string of the molecule is CC(=O)c1nn(CC(=O)N2C[C@H](F)C[C@H]2C(=O)Nc2cccc(OC(F)(F)F)c2F)c2cc(OCC3CC3)ccc12. The molecule has 2 aliphatic rings. The number of anilines is 1. The van der Waals surface area contributed by atoms with Crippen molar-refractivity contribution in [1.82, 2.24) is 14.7 Å². The van der Waals surface area contributed by atoms with Gasteiger partial charge in [0.25, 0.3) is 0 Å². The summed E-state index contributed by atoms with van der Waals surface area (Å²) >= 11 is 0. The first kappa shape index (κ1) is 28.3. The number of amides is 2. The average Bonchev–Trinajstić information content (AvgIpc) is 3.54. The second kappa shape index (κ2) is 11.0. The molecule has 0 spiro atoms. The lowest BCUT2D eigenvalue weighted by atomic mass is 10.1. The van der Waals surface area contributed by atoms with Crippen molar-refractivity contribution in [3.8, 4) is 11.5 Å². The first-order chi connectivity index (χ1) is 19.4. The number of hydrogen-bond acceptors (Lipinski definition) is 6. The topological polar surface area (TPSA) is 103 Å². The quantitative estimate of drug-likeness (QED) is 0.292. The van der Waals surface area contributed by atoms with Gasteiger partial charge < -0.3 is 19.7 Å². The summed E-state index contributed by atoms with van der Waals surface area (Å²) in [5.74, 6) is -3.67. The minimum Gasteiger partial charge on any atom is -0.493 e. The molecule has 2 aromatic carbocycles. The lowest BCUT2D eigenvalue weighted by Crippen LogP contribution is -2.44. The highest BCUT2D eigenvalue weighted by molar-refractivity contribution is 6.05. The Bertz CT molecular complexity index is 1500. The Morgan fingerprint density at radius 2 is 1.90 bits per heavy atom. The van der Waals surface area contributed by atoms with E-state index in [9.17, 15) is 36.3 Å². The number of ketones is 1. The highest BCUT2D eigenvalue weighted by Gasteiger charge is 2.40. The van der Waals surface area contributed by atoms with Crippen molar-refractivity contribution in [3.05, 3.63) is 47.9 Å². The third-order valence-corrected chi connectivity index (χ3v) is 6.84. The molecule has 1 N–H and O–H groups in total. The number of carbonyl (C=O) groups excluding carboxylic acids is 3. The Morgan fingerprint density at radius 3 is 2.59 bits per heavy atom. The van der Waals surface area contributed by atoms with E-state index >= 15 is 0 Å². The summed E-state index contributed by atoms with van der Waals surface area (Å²) in [5, 5.41) is 6.88. The van der Waals surface area contributed by atoms with Gasteiger partial charge in [0.15, 0.2) is 17.3 Å². The molecular weight excluding hydrogens is 555 g/mol. The Morgan fingerprint density at radius 1 is 1.15 bits per heavy atom. The molecule has 1 saturated heterocycles. The Kier molecular flexibility index (Phi) is 7.58. The van der Waals surface area contributed by atoms with Gasteiger partial charge in [0.05, 0.1) is 24.4 Å². The van der Waals surface area contributed by atoms with Gasteiger partial charge in [-0.2, -0.15) is 5.10 Å².